The molecule has 2 amide bonds. The number of benzene rings is 1. The van der Waals surface area contributed by atoms with Crippen LogP contribution in [0.4, 0.5) is 0 Å². The third-order valence-corrected chi connectivity index (χ3v) is 4.10. The molecular formula is C18H26N2O2. The summed E-state index contributed by atoms with van der Waals surface area (Å²) in [6.07, 6.45) is 2.69. The monoisotopic (exact) mass is 302 g/mol. The minimum Gasteiger partial charge on any atom is -0.350 e. The van der Waals surface area contributed by atoms with E-state index in [1.807, 2.05) is 29.2 Å². The van der Waals surface area contributed by atoms with Crippen LogP contribution in [-0.2, 0) is 10.2 Å². The van der Waals surface area contributed by atoms with Crippen molar-refractivity contribution in [2.45, 2.75) is 45.4 Å². The van der Waals surface area contributed by atoms with Crippen molar-refractivity contribution in [1.29, 1.82) is 0 Å². The molecule has 0 radical (unpaired) electrons. The Labute approximate surface area is 132 Å². The van der Waals surface area contributed by atoms with Gasteiger partial charge in [0.05, 0.1) is 0 Å². The Balaban J connectivity index is 1.83. The summed E-state index contributed by atoms with van der Waals surface area (Å²) in [4.78, 5) is 25.6. The molecule has 1 aromatic rings. The van der Waals surface area contributed by atoms with E-state index in [-0.39, 0.29) is 17.2 Å². The molecule has 4 nitrogen and oxygen atoms in total. The van der Waals surface area contributed by atoms with Gasteiger partial charge in [-0.1, -0.05) is 32.9 Å². The molecule has 4 heteroatoms. The second kappa shape index (κ2) is 6.95. The molecule has 0 unspecified atom stereocenters. The van der Waals surface area contributed by atoms with Gasteiger partial charge in [-0.3, -0.25) is 9.59 Å². The van der Waals surface area contributed by atoms with Gasteiger partial charge in [-0.2, -0.15) is 0 Å². The van der Waals surface area contributed by atoms with Crippen LogP contribution in [0.1, 0.15) is 56.0 Å². The van der Waals surface area contributed by atoms with E-state index in [4.69, 9.17) is 0 Å². The van der Waals surface area contributed by atoms with Crippen molar-refractivity contribution in [1.82, 2.24) is 10.2 Å². The molecule has 0 aromatic heterocycles. The minimum absolute atomic E-state index is 0.0788. The van der Waals surface area contributed by atoms with Crippen LogP contribution in [0.15, 0.2) is 24.3 Å². The summed E-state index contributed by atoms with van der Waals surface area (Å²) < 4.78 is 0. The highest BCUT2D eigenvalue weighted by Crippen LogP contribution is 2.22. The van der Waals surface area contributed by atoms with Crippen molar-refractivity contribution in [3.63, 3.8) is 0 Å². The van der Waals surface area contributed by atoms with Crippen LogP contribution in [0, 0.1) is 0 Å². The van der Waals surface area contributed by atoms with Crippen LogP contribution < -0.4 is 5.32 Å². The molecule has 1 saturated heterocycles. The lowest BCUT2D eigenvalue weighted by Crippen LogP contribution is -2.41. The standard InChI is InChI=1S/C18H26N2O2/c1-18(2,3)15-9-7-14(8-10-15)17(22)19-11-13-20-12-5-4-6-16(20)21/h7-10H,4-6,11-13H2,1-3H3,(H,19,22). The van der Waals surface area contributed by atoms with Crippen molar-refractivity contribution in [3.8, 4) is 0 Å². The first kappa shape index (κ1) is 16.5. The van der Waals surface area contributed by atoms with Crippen molar-refractivity contribution >= 4 is 11.8 Å². The summed E-state index contributed by atoms with van der Waals surface area (Å²) >= 11 is 0. The van der Waals surface area contributed by atoms with Gasteiger partial charge in [0, 0.05) is 31.6 Å². The number of carbonyl (C=O) groups excluding carboxylic acids is 2. The van der Waals surface area contributed by atoms with E-state index in [9.17, 15) is 9.59 Å². The average molecular weight is 302 g/mol. The summed E-state index contributed by atoms with van der Waals surface area (Å²) in [7, 11) is 0. The highest BCUT2D eigenvalue weighted by molar-refractivity contribution is 5.94. The van der Waals surface area contributed by atoms with Gasteiger partial charge in [0.15, 0.2) is 0 Å². The van der Waals surface area contributed by atoms with E-state index < -0.39 is 0 Å². The van der Waals surface area contributed by atoms with Gasteiger partial charge < -0.3 is 10.2 Å². The van der Waals surface area contributed by atoms with Gasteiger partial charge in [-0.25, -0.2) is 0 Å². The third-order valence-electron chi connectivity index (χ3n) is 4.10. The minimum atomic E-state index is -0.0788. The molecule has 0 saturated carbocycles. The molecular weight excluding hydrogens is 276 g/mol. The smallest absolute Gasteiger partial charge is 0.251 e. The molecule has 1 aliphatic heterocycles. The molecule has 22 heavy (non-hydrogen) atoms. The van der Waals surface area contributed by atoms with E-state index in [0.717, 1.165) is 19.4 Å². The van der Waals surface area contributed by atoms with E-state index in [0.29, 0.717) is 25.1 Å². The second-order valence-corrected chi connectivity index (χ2v) is 6.92. The molecule has 1 N–H and O–H groups in total. The summed E-state index contributed by atoms with van der Waals surface area (Å²) in [5, 5.41) is 2.89. The van der Waals surface area contributed by atoms with E-state index in [1.54, 1.807) is 0 Å². The van der Waals surface area contributed by atoms with Gasteiger partial charge in [-0.05, 0) is 36.0 Å². The summed E-state index contributed by atoms with van der Waals surface area (Å²) in [6, 6.07) is 7.73. The van der Waals surface area contributed by atoms with Crippen LogP contribution in [0.2, 0.25) is 0 Å². The number of amides is 2. The van der Waals surface area contributed by atoms with E-state index in [2.05, 4.69) is 26.1 Å². The number of carbonyl (C=O) groups is 2. The topological polar surface area (TPSA) is 49.4 Å². The van der Waals surface area contributed by atoms with Crippen molar-refractivity contribution in [3.05, 3.63) is 35.4 Å². The fraction of sp³-hybridized carbons (Fsp3) is 0.556. The largest absolute Gasteiger partial charge is 0.350 e. The fourth-order valence-corrected chi connectivity index (χ4v) is 2.63. The summed E-state index contributed by atoms with van der Waals surface area (Å²) in [5.74, 6) is 0.125. The number of rotatable bonds is 4. The van der Waals surface area contributed by atoms with Gasteiger partial charge in [-0.15, -0.1) is 0 Å². The Morgan fingerprint density at radius 2 is 1.86 bits per heavy atom. The molecule has 0 bridgehead atoms. The number of hydrogen-bond donors (Lipinski definition) is 1. The predicted octanol–water partition coefficient (Wildman–Crippen LogP) is 2.73. The Morgan fingerprint density at radius 1 is 1.18 bits per heavy atom. The van der Waals surface area contributed by atoms with Gasteiger partial charge in [0.1, 0.15) is 0 Å². The number of piperidine rings is 1. The molecule has 120 valence electrons. The molecule has 0 aliphatic carbocycles. The maximum absolute atomic E-state index is 12.1. The first-order valence-corrected chi connectivity index (χ1v) is 8.04. The maximum atomic E-state index is 12.1. The quantitative estimate of drug-likeness (QED) is 0.929. The molecule has 2 rings (SSSR count). The van der Waals surface area contributed by atoms with E-state index >= 15 is 0 Å². The maximum Gasteiger partial charge on any atom is 0.251 e. The Hall–Kier alpha value is -1.84. The third kappa shape index (κ3) is 4.33. The van der Waals surface area contributed by atoms with Crippen LogP contribution in [0.5, 0.6) is 0 Å². The molecule has 0 spiro atoms. The van der Waals surface area contributed by atoms with Crippen LogP contribution in [0.25, 0.3) is 0 Å². The molecule has 1 aromatic carbocycles. The first-order chi connectivity index (χ1) is 10.4. The highest BCUT2D eigenvalue weighted by atomic mass is 16.2. The normalized spacial score (nSPS) is 15.8. The van der Waals surface area contributed by atoms with Crippen molar-refractivity contribution in [2.75, 3.05) is 19.6 Å². The SMILES string of the molecule is CC(C)(C)c1ccc(C(=O)NCCN2CCCCC2=O)cc1. The van der Waals surface area contributed by atoms with Gasteiger partial charge in [0.25, 0.3) is 5.91 Å². The van der Waals surface area contributed by atoms with Crippen LogP contribution in [0.3, 0.4) is 0 Å². The van der Waals surface area contributed by atoms with Crippen molar-refractivity contribution in [2.24, 2.45) is 0 Å². The summed E-state index contributed by atoms with van der Waals surface area (Å²) in [6.45, 7) is 8.37. The number of nitrogens with zero attached hydrogens (tertiary/aromatic N) is 1. The number of hydrogen-bond acceptors (Lipinski definition) is 2. The lowest BCUT2D eigenvalue weighted by Gasteiger charge is -2.26. The van der Waals surface area contributed by atoms with Gasteiger partial charge in [0.2, 0.25) is 5.91 Å². The number of nitrogens with one attached hydrogen (secondary N) is 1. The predicted molar refractivity (Wildman–Crippen MR) is 87.9 cm³/mol. The van der Waals surface area contributed by atoms with Crippen LogP contribution in [-0.4, -0.2) is 36.3 Å². The zero-order valence-corrected chi connectivity index (χ0v) is 13.8. The zero-order chi connectivity index (χ0) is 16.2. The number of likely N-dealkylation sites (tertiary alicyclic amines) is 1. The van der Waals surface area contributed by atoms with Crippen LogP contribution >= 0.6 is 0 Å². The first-order valence-electron chi connectivity index (χ1n) is 8.04. The zero-order valence-electron chi connectivity index (χ0n) is 13.8. The highest BCUT2D eigenvalue weighted by Gasteiger charge is 2.18. The molecule has 1 heterocycles. The fourth-order valence-electron chi connectivity index (χ4n) is 2.63. The summed E-state index contributed by atoms with van der Waals surface area (Å²) in [5.41, 5.74) is 1.96. The van der Waals surface area contributed by atoms with Crippen molar-refractivity contribution < 1.29 is 9.59 Å². The Kier molecular flexibility index (Phi) is 5.22. The lowest BCUT2D eigenvalue weighted by molar-refractivity contribution is -0.133. The van der Waals surface area contributed by atoms with E-state index in [1.165, 1.54) is 5.56 Å². The van der Waals surface area contributed by atoms with Gasteiger partial charge >= 0.3 is 0 Å². The molecule has 1 fully saturated rings. The molecule has 1 aliphatic rings. The Bertz CT molecular complexity index is 529. The molecule has 0 atom stereocenters. The second-order valence-electron chi connectivity index (χ2n) is 6.92. The average Bonchev–Trinajstić information content (AvgIpc) is 2.48. The Morgan fingerprint density at radius 3 is 2.45 bits per heavy atom. The lowest BCUT2D eigenvalue weighted by atomic mass is 9.87.